The molecule has 1 aliphatic heterocycles. The van der Waals surface area contributed by atoms with Crippen molar-refractivity contribution >= 4 is 38.6 Å². The van der Waals surface area contributed by atoms with E-state index in [1.165, 1.54) is 23.5 Å². The number of nitrogens with zero attached hydrogens (tertiary/aromatic N) is 6. The number of pyridine rings is 1. The van der Waals surface area contributed by atoms with Gasteiger partial charge in [0.25, 0.3) is 5.56 Å². The first-order chi connectivity index (χ1) is 18.8. The number of piperazine rings is 1. The van der Waals surface area contributed by atoms with Crippen LogP contribution in [-0.2, 0) is 0 Å². The molecule has 2 aliphatic rings. The Hall–Kier alpha value is -3.74. The van der Waals surface area contributed by atoms with Gasteiger partial charge in [-0.15, -0.1) is 0 Å². The Labute approximate surface area is 231 Å². The number of hydrogen-bond acceptors (Lipinski definition) is 7. The highest BCUT2D eigenvalue weighted by atomic mass is 32.1. The van der Waals surface area contributed by atoms with Gasteiger partial charge >= 0.3 is 0 Å². The molecule has 9 heteroatoms. The van der Waals surface area contributed by atoms with Crippen LogP contribution in [0.1, 0.15) is 37.6 Å². The van der Waals surface area contributed by atoms with Crippen LogP contribution in [0, 0.1) is 17.1 Å². The Bertz CT molecular complexity index is 1620. The van der Waals surface area contributed by atoms with Crippen molar-refractivity contribution in [3.05, 3.63) is 69.7 Å². The van der Waals surface area contributed by atoms with Crippen LogP contribution in [0.25, 0.3) is 22.0 Å². The van der Waals surface area contributed by atoms with E-state index in [4.69, 9.17) is 4.98 Å². The van der Waals surface area contributed by atoms with Gasteiger partial charge < -0.3 is 14.4 Å². The Morgan fingerprint density at radius 3 is 2.44 bits per heavy atom. The van der Waals surface area contributed by atoms with E-state index in [9.17, 15) is 14.4 Å². The number of anilines is 3. The predicted octanol–water partition coefficient (Wildman–Crippen LogP) is 5.77. The topological polar surface area (TPSA) is 68.4 Å². The van der Waals surface area contributed by atoms with Gasteiger partial charge in [-0.2, -0.15) is 5.26 Å². The SMILES string of the molecule is CC(C)N1CCN(c2ccc3c(=O)n(C4CC4)cc(N(C)c4nc(-c5ccc(F)cc5)c(C#N)s4)c3c2)CC1. The van der Waals surface area contributed by atoms with Crippen molar-refractivity contribution < 1.29 is 4.39 Å². The zero-order valence-corrected chi connectivity index (χ0v) is 23.2. The van der Waals surface area contributed by atoms with E-state index in [0.717, 1.165) is 55.8 Å². The number of hydrogen-bond donors (Lipinski definition) is 0. The molecule has 39 heavy (non-hydrogen) atoms. The predicted molar refractivity (Wildman–Crippen MR) is 156 cm³/mol. The number of rotatable bonds is 6. The first-order valence-corrected chi connectivity index (χ1v) is 14.2. The molecule has 1 saturated carbocycles. The lowest BCUT2D eigenvalue weighted by Crippen LogP contribution is -2.48. The van der Waals surface area contributed by atoms with E-state index in [1.54, 1.807) is 12.1 Å². The van der Waals surface area contributed by atoms with E-state index in [0.29, 0.717) is 32.7 Å². The monoisotopic (exact) mass is 542 g/mol. The average molecular weight is 543 g/mol. The van der Waals surface area contributed by atoms with Crippen LogP contribution in [0.5, 0.6) is 0 Å². The largest absolute Gasteiger partial charge is 0.369 e. The molecule has 2 aromatic carbocycles. The van der Waals surface area contributed by atoms with Gasteiger partial charge in [-0.25, -0.2) is 9.37 Å². The first kappa shape index (κ1) is 25.5. The summed E-state index contributed by atoms with van der Waals surface area (Å²) in [7, 11) is 1.93. The molecule has 3 heterocycles. The minimum Gasteiger partial charge on any atom is -0.369 e. The Balaban J connectivity index is 1.43. The minimum atomic E-state index is -0.333. The van der Waals surface area contributed by atoms with Gasteiger partial charge in [-0.1, -0.05) is 11.3 Å². The second-order valence-corrected chi connectivity index (χ2v) is 11.6. The summed E-state index contributed by atoms with van der Waals surface area (Å²) in [6, 6.07) is 15.2. The smallest absolute Gasteiger partial charge is 0.258 e. The van der Waals surface area contributed by atoms with Gasteiger partial charge in [-0.05, 0) is 69.2 Å². The third-order valence-electron chi connectivity index (χ3n) is 7.84. The fourth-order valence-electron chi connectivity index (χ4n) is 5.35. The Kier molecular flexibility index (Phi) is 6.61. The number of halogens is 1. The summed E-state index contributed by atoms with van der Waals surface area (Å²) in [4.78, 5) is 25.6. The molecule has 6 rings (SSSR count). The lowest BCUT2D eigenvalue weighted by atomic mass is 10.1. The molecule has 4 aromatic rings. The molecule has 1 saturated heterocycles. The van der Waals surface area contributed by atoms with Crippen LogP contribution in [0.15, 0.2) is 53.5 Å². The van der Waals surface area contributed by atoms with Gasteiger partial charge in [0.05, 0.1) is 5.69 Å². The van der Waals surface area contributed by atoms with Gasteiger partial charge in [0.15, 0.2) is 5.13 Å². The maximum atomic E-state index is 13.5. The molecule has 0 radical (unpaired) electrons. The zero-order valence-electron chi connectivity index (χ0n) is 22.4. The second kappa shape index (κ2) is 10.1. The molecular formula is C30H31FN6OS. The normalized spacial score (nSPS) is 16.2. The summed E-state index contributed by atoms with van der Waals surface area (Å²) in [6.07, 6.45) is 3.95. The van der Waals surface area contributed by atoms with Crippen molar-refractivity contribution in [2.45, 2.75) is 38.8 Å². The highest BCUT2D eigenvalue weighted by molar-refractivity contribution is 7.16. The zero-order chi connectivity index (χ0) is 27.3. The molecule has 7 nitrogen and oxygen atoms in total. The van der Waals surface area contributed by atoms with Gasteiger partial charge in [0.1, 0.15) is 22.5 Å². The first-order valence-electron chi connectivity index (χ1n) is 13.4. The minimum absolute atomic E-state index is 0.0321. The van der Waals surface area contributed by atoms with Crippen LogP contribution >= 0.6 is 11.3 Å². The molecule has 0 N–H and O–H groups in total. The molecule has 0 spiro atoms. The van der Waals surface area contributed by atoms with Crippen molar-refractivity contribution in [2.75, 3.05) is 43.0 Å². The number of thiazole rings is 1. The molecule has 0 atom stereocenters. The molecule has 2 aromatic heterocycles. The maximum absolute atomic E-state index is 13.5. The number of benzene rings is 2. The van der Waals surface area contributed by atoms with Crippen LogP contribution < -0.4 is 15.4 Å². The third-order valence-corrected chi connectivity index (χ3v) is 8.88. The van der Waals surface area contributed by atoms with Crippen molar-refractivity contribution in [1.82, 2.24) is 14.5 Å². The van der Waals surface area contributed by atoms with E-state index in [2.05, 4.69) is 41.8 Å². The average Bonchev–Trinajstić information content (AvgIpc) is 3.71. The van der Waals surface area contributed by atoms with Crippen LogP contribution in [0.3, 0.4) is 0 Å². The molecular weight excluding hydrogens is 511 g/mol. The molecule has 0 unspecified atom stereocenters. The quantitative estimate of drug-likeness (QED) is 0.308. The van der Waals surface area contributed by atoms with Gasteiger partial charge in [0.2, 0.25) is 0 Å². The van der Waals surface area contributed by atoms with Crippen molar-refractivity contribution in [1.29, 1.82) is 5.26 Å². The molecule has 0 amide bonds. The standard InChI is InChI=1S/C30H31FN6OS/c1-19(2)35-12-14-36(15-13-35)23-10-11-24-25(16-23)26(18-37(29(24)38)22-8-9-22)34(3)30-33-28(27(17-32)39-30)20-4-6-21(31)7-5-20/h4-7,10-11,16,18-19,22H,8-9,12-15H2,1-3H3. The van der Waals surface area contributed by atoms with Crippen LogP contribution in [0.2, 0.25) is 0 Å². The number of fused-ring (bicyclic) bond motifs is 1. The van der Waals surface area contributed by atoms with Crippen molar-refractivity contribution in [3.63, 3.8) is 0 Å². The number of nitriles is 1. The lowest BCUT2D eigenvalue weighted by Gasteiger charge is -2.38. The Morgan fingerprint density at radius 2 is 1.79 bits per heavy atom. The molecule has 0 bridgehead atoms. The van der Waals surface area contributed by atoms with E-state index in [1.807, 2.05) is 28.8 Å². The van der Waals surface area contributed by atoms with Gasteiger partial charge in [0, 0.05) is 73.5 Å². The highest BCUT2D eigenvalue weighted by Gasteiger charge is 2.28. The maximum Gasteiger partial charge on any atom is 0.258 e. The summed E-state index contributed by atoms with van der Waals surface area (Å²) in [5, 5.41) is 12.0. The lowest BCUT2D eigenvalue weighted by molar-refractivity contribution is 0.209. The molecule has 200 valence electrons. The Morgan fingerprint density at radius 1 is 1.08 bits per heavy atom. The highest BCUT2D eigenvalue weighted by Crippen LogP contribution is 2.40. The van der Waals surface area contributed by atoms with E-state index in [-0.39, 0.29) is 17.4 Å². The molecule has 2 fully saturated rings. The fraction of sp³-hybridized carbons (Fsp3) is 0.367. The summed E-state index contributed by atoms with van der Waals surface area (Å²) in [6.45, 7) is 8.36. The van der Waals surface area contributed by atoms with Crippen LogP contribution in [-0.4, -0.2) is 53.7 Å². The summed E-state index contributed by atoms with van der Waals surface area (Å²) in [5.74, 6) is -0.333. The third kappa shape index (κ3) is 4.79. The fourth-order valence-corrected chi connectivity index (χ4v) is 6.21. The van der Waals surface area contributed by atoms with E-state index < -0.39 is 0 Å². The summed E-state index contributed by atoms with van der Waals surface area (Å²) < 4.78 is 15.4. The van der Waals surface area contributed by atoms with Crippen LogP contribution in [0.4, 0.5) is 20.9 Å². The molecule has 1 aliphatic carbocycles. The van der Waals surface area contributed by atoms with Gasteiger partial charge in [-0.3, -0.25) is 9.69 Å². The van der Waals surface area contributed by atoms with Crippen molar-refractivity contribution in [3.8, 4) is 17.3 Å². The summed E-state index contributed by atoms with van der Waals surface area (Å²) >= 11 is 1.30. The second-order valence-electron chi connectivity index (χ2n) is 10.7. The number of aromatic nitrogens is 2. The summed E-state index contributed by atoms with van der Waals surface area (Å²) in [5.41, 5.74) is 3.24. The van der Waals surface area contributed by atoms with E-state index >= 15 is 0 Å². The van der Waals surface area contributed by atoms with Crippen molar-refractivity contribution in [2.24, 2.45) is 0 Å².